The van der Waals surface area contributed by atoms with Crippen LogP contribution in [0.25, 0.3) is 0 Å². The fourth-order valence-electron chi connectivity index (χ4n) is 8.28. The predicted octanol–water partition coefficient (Wildman–Crippen LogP) is 6.14. The van der Waals surface area contributed by atoms with Crippen LogP contribution in [0, 0.1) is 23.7 Å². The van der Waals surface area contributed by atoms with Gasteiger partial charge in [-0.15, -0.1) is 0 Å². The zero-order chi connectivity index (χ0) is 50.3. The quantitative estimate of drug-likeness (QED) is 0.176. The molecule has 15 nitrogen and oxygen atoms in total. The Kier molecular flexibility index (Phi) is 22.0. The molecular weight excluding hydrogens is 857 g/mol. The van der Waals surface area contributed by atoms with Crippen LogP contribution in [0.3, 0.4) is 0 Å². The van der Waals surface area contributed by atoms with Crippen molar-refractivity contribution in [2.24, 2.45) is 23.7 Å². The largest absolute Gasteiger partial charge is 0.460 e. The number of ether oxygens (including phenoxy) is 4. The monoisotopic (exact) mass is 935 g/mol. The lowest BCUT2D eigenvalue weighted by Gasteiger charge is -2.35. The van der Waals surface area contributed by atoms with E-state index in [-0.39, 0.29) is 62.3 Å². The van der Waals surface area contributed by atoms with E-state index in [4.69, 9.17) is 18.9 Å². The van der Waals surface area contributed by atoms with Crippen LogP contribution in [-0.2, 0) is 65.4 Å². The summed E-state index contributed by atoms with van der Waals surface area (Å²) in [6, 6.07) is 13.8. The van der Waals surface area contributed by atoms with E-state index < -0.39 is 90.2 Å². The lowest BCUT2D eigenvalue weighted by atomic mass is 10.00. The molecule has 372 valence electrons. The summed E-state index contributed by atoms with van der Waals surface area (Å²) in [5.41, 5.74) is 1.41. The second kappa shape index (κ2) is 26.3. The molecule has 0 aliphatic carbocycles. The molecule has 0 N–H and O–H groups in total. The van der Waals surface area contributed by atoms with E-state index in [9.17, 15) is 33.6 Å². The van der Waals surface area contributed by atoms with Crippen LogP contribution in [0.5, 0.6) is 0 Å². The van der Waals surface area contributed by atoms with Crippen molar-refractivity contribution in [1.82, 2.24) is 19.6 Å². The highest BCUT2D eigenvalue weighted by atomic mass is 16.6. The van der Waals surface area contributed by atoms with Crippen LogP contribution in [0.1, 0.15) is 106 Å². The highest BCUT2D eigenvalue weighted by Crippen LogP contribution is 2.24. The van der Waals surface area contributed by atoms with Crippen molar-refractivity contribution in [1.29, 1.82) is 0 Å². The van der Waals surface area contributed by atoms with Gasteiger partial charge in [0.15, 0.2) is 18.3 Å². The third kappa shape index (κ3) is 17.1. The Bertz CT molecular complexity index is 1940. The van der Waals surface area contributed by atoms with Gasteiger partial charge in [0.05, 0.1) is 0 Å². The van der Waals surface area contributed by atoms with Crippen LogP contribution in [0.4, 0.5) is 0 Å². The summed E-state index contributed by atoms with van der Waals surface area (Å²) in [6.07, 6.45) is -4.08. The third-order valence-electron chi connectivity index (χ3n) is 11.9. The van der Waals surface area contributed by atoms with Crippen molar-refractivity contribution in [3.05, 3.63) is 71.8 Å². The maximum absolute atomic E-state index is 14.6. The number of benzene rings is 2. The van der Waals surface area contributed by atoms with Crippen molar-refractivity contribution >= 4 is 41.6 Å². The maximum Gasteiger partial charge on any atom is 0.329 e. The van der Waals surface area contributed by atoms with Crippen molar-refractivity contribution < 1.29 is 52.5 Å². The number of rotatable bonds is 12. The Morgan fingerprint density at radius 2 is 0.761 bits per heavy atom. The molecule has 0 aromatic heterocycles. The molecule has 3 amide bonds. The smallest absolute Gasteiger partial charge is 0.329 e. The minimum Gasteiger partial charge on any atom is -0.460 e. The highest BCUT2D eigenvalue weighted by molar-refractivity contribution is 5.93. The summed E-state index contributed by atoms with van der Waals surface area (Å²) in [5.74, 6) is -5.32. The van der Waals surface area contributed by atoms with Gasteiger partial charge in [0.25, 0.3) is 17.7 Å². The number of hydrogen-bond acceptors (Lipinski definition) is 12. The van der Waals surface area contributed by atoms with Gasteiger partial charge in [0, 0.05) is 40.5 Å². The number of hydrogen-bond donors (Lipinski definition) is 0. The molecule has 1 aliphatic heterocycles. The fraction of sp³-hybridized carbons (Fsp3) is 0.635. The summed E-state index contributed by atoms with van der Waals surface area (Å²) in [6.45, 7) is 18.4. The van der Waals surface area contributed by atoms with Crippen molar-refractivity contribution in [3.8, 4) is 0 Å². The third-order valence-corrected chi connectivity index (χ3v) is 11.9. The molecule has 1 fully saturated rings. The average Bonchev–Trinajstić information content (AvgIpc) is 3.26. The van der Waals surface area contributed by atoms with Crippen LogP contribution in [0.2, 0.25) is 0 Å². The molecule has 8 unspecified atom stereocenters. The predicted molar refractivity (Wildman–Crippen MR) is 255 cm³/mol. The van der Waals surface area contributed by atoms with Crippen molar-refractivity contribution in [2.45, 2.75) is 156 Å². The molecule has 0 radical (unpaired) electrons. The minimum atomic E-state index is -1.41. The van der Waals surface area contributed by atoms with E-state index in [1.165, 1.54) is 42.8 Å². The molecule has 0 bridgehead atoms. The van der Waals surface area contributed by atoms with Gasteiger partial charge >= 0.3 is 23.9 Å². The summed E-state index contributed by atoms with van der Waals surface area (Å²) in [5, 5.41) is 0. The number of cyclic esters (lactones) is 4. The van der Waals surface area contributed by atoms with E-state index in [0.717, 1.165) is 5.56 Å². The van der Waals surface area contributed by atoms with Gasteiger partial charge in [-0.2, -0.15) is 0 Å². The van der Waals surface area contributed by atoms with E-state index >= 15 is 0 Å². The maximum atomic E-state index is 14.6. The van der Waals surface area contributed by atoms with Crippen molar-refractivity contribution in [2.75, 3.05) is 34.7 Å². The first-order chi connectivity index (χ1) is 31.4. The fourth-order valence-corrected chi connectivity index (χ4v) is 8.28. The Balaban J connectivity index is 2.21. The number of carbonyl (C=O) groups excluding carboxylic acids is 7. The average molecular weight is 935 g/mol. The lowest BCUT2D eigenvalue weighted by molar-refractivity contribution is -0.174. The summed E-state index contributed by atoms with van der Waals surface area (Å²) in [4.78, 5) is 106. The van der Waals surface area contributed by atoms with Crippen LogP contribution in [-0.4, -0.2) is 145 Å². The first-order valence-corrected chi connectivity index (χ1v) is 23.8. The van der Waals surface area contributed by atoms with Gasteiger partial charge in [-0.3, -0.25) is 24.1 Å². The SMILES string of the molecule is CC(C)CC1C(=O)OC(Cc2ccccc2)C(=O)N(C)C(CC(C)C)C(=O)OC(C)C(=O)N(C)C(CC(C)C)C(=O)OC(Cc2ccccc2)C(=O)N(C)C(CC(C)C)C(=O)OC(C)CN1C. The van der Waals surface area contributed by atoms with Gasteiger partial charge < -0.3 is 33.6 Å². The molecule has 1 saturated heterocycles. The van der Waals surface area contributed by atoms with E-state index in [0.29, 0.717) is 12.0 Å². The minimum absolute atomic E-state index is 0.00797. The first-order valence-electron chi connectivity index (χ1n) is 23.8. The standard InChI is InChI=1S/C52H78N4O11/c1-32(2)25-40-49(60)66-44(29-38-21-17-15-18-22-38)47(58)56(14)42(27-34(5)6)51(62)65-37(10)46(57)54(12)43(28-35(7)8)52(63)67-45(30-39-23-19-16-20-24-39)48(59)55(13)41(26-33(3)4)50(61)64-36(9)31-53(40)11/h15-24,32-37,40-45H,25-31H2,1-14H3. The van der Waals surface area contributed by atoms with Gasteiger partial charge in [0.1, 0.15) is 30.3 Å². The normalized spacial score (nSPS) is 25.6. The highest BCUT2D eigenvalue weighted by Gasteiger charge is 2.42. The number of likely N-dealkylation sites (N-methyl/N-ethyl adjacent to an activating group) is 4. The van der Waals surface area contributed by atoms with Gasteiger partial charge in [-0.05, 0) is 81.4 Å². The van der Waals surface area contributed by atoms with E-state index in [2.05, 4.69) is 0 Å². The molecule has 2 aromatic carbocycles. The molecule has 0 saturated carbocycles. The van der Waals surface area contributed by atoms with E-state index in [1.807, 2.05) is 91.8 Å². The molecule has 3 rings (SSSR count). The second-order valence-corrected chi connectivity index (χ2v) is 19.9. The molecule has 1 heterocycles. The molecule has 67 heavy (non-hydrogen) atoms. The van der Waals surface area contributed by atoms with Crippen LogP contribution in [0.15, 0.2) is 60.7 Å². The lowest BCUT2D eigenvalue weighted by Crippen LogP contribution is -2.54. The molecule has 0 spiro atoms. The summed E-state index contributed by atoms with van der Waals surface area (Å²) >= 11 is 0. The molecule has 8 atom stereocenters. The van der Waals surface area contributed by atoms with Crippen LogP contribution >= 0.6 is 0 Å². The summed E-state index contributed by atoms with van der Waals surface area (Å²) < 4.78 is 24.2. The molecule has 2 aromatic rings. The molecular formula is C52H78N4O11. The van der Waals surface area contributed by atoms with Gasteiger partial charge in [-0.25, -0.2) is 14.4 Å². The second-order valence-electron chi connectivity index (χ2n) is 19.9. The Hall–Kier alpha value is -5.31. The first kappa shape index (κ1) is 56.0. The van der Waals surface area contributed by atoms with Crippen molar-refractivity contribution in [3.63, 3.8) is 0 Å². The zero-order valence-electron chi connectivity index (χ0n) is 42.4. The Morgan fingerprint density at radius 3 is 1.13 bits per heavy atom. The zero-order valence-corrected chi connectivity index (χ0v) is 42.4. The Morgan fingerprint density at radius 1 is 0.448 bits per heavy atom. The number of esters is 4. The molecule has 15 heteroatoms. The van der Waals surface area contributed by atoms with E-state index in [1.54, 1.807) is 43.1 Å². The Labute approximate surface area is 399 Å². The number of amides is 3. The van der Waals surface area contributed by atoms with Gasteiger partial charge in [-0.1, -0.05) is 116 Å². The molecule has 1 aliphatic rings. The van der Waals surface area contributed by atoms with Crippen LogP contribution < -0.4 is 0 Å². The topological polar surface area (TPSA) is 169 Å². The number of carbonyl (C=O) groups is 7. The number of nitrogens with zero attached hydrogens (tertiary/aromatic N) is 4. The summed E-state index contributed by atoms with van der Waals surface area (Å²) in [7, 11) is 6.06. The van der Waals surface area contributed by atoms with Gasteiger partial charge in [0.2, 0.25) is 0 Å².